The molecule has 0 radical (unpaired) electrons. The van der Waals surface area contributed by atoms with Crippen molar-refractivity contribution in [3.05, 3.63) is 35.9 Å². The molecule has 1 atom stereocenters. The van der Waals surface area contributed by atoms with Gasteiger partial charge in [-0.25, -0.2) is 0 Å². The zero-order valence-electron chi connectivity index (χ0n) is 11.9. The SMILES string of the molecule is Cc1nnc(CN2CCCC2C(=O)NCc2ccco2)o1. The Labute approximate surface area is 122 Å². The second-order valence-corrected chi connectivity index (χ2v) is 5.14. The molecular weight excluding hydrogens is 272 g/mol. The largest absolute Gasteiger partial charge is 0.467 e. The van der Waals surface area contributed by atoms with Gasteiger partial charge in [-0.15, -0.1) is 10.2 Å². The van der Waals surface area contributed by atoms with Crippen molar-refractivity contribution in [2.75, 3.05) is 6.54 Å². The van der Waals surface area contributed by atoms with Crippen LogP contribution >= 0.6 is 0 Å². The van der Waals surface area contributed by atoms with Crippen LogP contribution in [0, 0.1) is 6.92 Å². The number of likely N-dealkylation sites (tertiary alicyclic amines) is 1. The molecule has 1 aliphatic heterocycles. The first-order valence-electron chi connectivity index (χ1n) is 7.05. The maximum Gasteiger partial charge on any atom is 0.237 e. The minimum Gasteiger partial charge on any atom is -0.467 e. The van der Waals surface area contributed by atoms with Gasteiger partial charge in [-0.05, 0) is 31.5 Å². The molecule has 1 unspecified atom stereocenters. The summed E-state index contributed by atoms with van der Waals surface area (Å²) < 4.78 is 10.6. The smallest absolute Gasteiger partial charge is 0.237 e. The number of carbonyl (C=O) groups is 1. The van der Waals surface area contributed by atoms with Crippen LogP contribution in [-0.4, -0.2) is 33.6 Å². The predicted octanol–water partition coefficient (Wildman–Crippen LogP) is 1.25. The van der Waals surface area contributed by atoms with Gasteiger partial charge in [0.15, 0.2) is 0 Å². The Morgan fingerprint density at radius 2 is 2.43 bits per heavy atom. The minimum absolute atomic E-state index is 0.0140. The monoisotopic (exact) mass is 290 g/mol. The molecule has 7 nitrogen and oxygen atoms in total. The molecule has 21 heavy (non-hydrogen) atoms. The molecule has 0 saturated carbocycles. The van der Waals surface area contributed by atoms with Crippen LogP contribution in [0.15, 0.2) is 27.2 Å². The molecule has 2 aromatic heterocycles. The van der Waals surface area contributed by atoms with Crippen LogP contribution in [-0.2, 0) is 17.9 Å². The van der Waals surface area contributed by atoms with Gasteiger partial charge >= 0.3 is 0 Å². The average Bonchev–Trinajstić information content (AvgIpc) is 3.19. The van der Waals surface area contributed by atoms with E-state index in [0.29, 0.717) is 24.9 Å². The number of carbonyl (C=O) groups excluding carboxylic acids is 1. The second kappa shape index (κ2) is 6.09. The number of hydrogen-bond acceptors (Lipinski definition) is 6. The van der Waals surface area contributed by atoms with E-state index in [1.54, 1.807) is 19.3 Å². The standard InChI is InChI=1S/C14H18N4O3/c1-10-16-17-13(21-10)9-18-6-2-5-12(18)14(19)15-8-11-4-3-7-20-11/h3-4,7,12H,2,5-6,8-9H2,1H3,(H,15,19). The van der Waals surface area contributed by atoms with E-state index in [2.05, 4.69) is 20.4 Å². The van der Waals surface area contributed by atoms with E-state index >= 15 is 0 Å². The summed E-state index contributed by atoms with van der Waals surface area (Å²) >= 11 is 0. The Hall–Kier alpha value is -2.15. The van der Waals surface area contributed by atoms with Gasteiger partial charge in [0.05, 0.1) is 25.4 Å². The third-order valence-electron chi connectivity index (χ3n) is 3.59. The third-order valence-corrected chi connectivity index (χ3v) is 3.59. The molecule has 7 heteroatoms. The van der Waals surface area contributed by atoms with Crippen LogP contribution in [0.25, 0.3) is 0 Å². The molecule has 1 fully saturated rings. The van der Waals surface area contributed by atoms with Crippen LogP contribution in [0.1, 0.15) is 30.4 Å². The molecule has 3 heterocycles. The van der Waals surface area contributed by atoms with Gasteiger partial charge < -0.3 is 14.2 Å². The number of aromatic nitrogens is 2. The minimum atomic E-state index is -0.146. The van der Waals surface area contributed by atoms with Gasteiger partial charge in [-0.3, -0.25) is 9.69 Å². The van der Waals surface area contributed by atoms with Crippen LogP contribution < -0.4 is 5.32 Å². The van der Waals surface area contributed by atoms with Crippen molar-refractivity contribution in [3.63, 3.8) is 0 Å². The third kappa shape index (κ3) is 3.30. The Morgan fingerprint density at radius 1 is 1.52 bits per heavy atom. The molecule has 112 valence electrons. The van der Waals surface area contributed by atoms with Crippen molar-refractivity contribution in [2.45, 2.75) is 38.9 Å². The molecule has 0 bridgehead atoms. The number of amides is 1. The fourth-order valence-electron chi connectivity index (χ4n) is 2.59. The maximum atomic E-state index is 12.3. The molecule has 1 aliphatic rings. The summed E-state index contributed by atoms with van der Waals surface area (Å²) in [5.74, 6) is 1.86. The normalized spacial score (nSPS) is 19.0. The lowest BCUT2D eigenvalue weighted by Gasteiger charge is -2.21. The summed E-state index contributed by atoms with van der Waals surface area (Å²) in [5.41, 5.74) is 0. The van der Waals surface area contributed by atoms with E-state index < -0.39 is 0 Å². The number of nitrogens with one attached hydrogen (secondary N) is 1. The lowest BCUT2D eigenvalue weighted by molar-refractivity contribution is -0.126. The first-order chi connectivity index (χ1) is 10.2. The topological polar surface area (TPSA) is 84.4 Å². The zero-order valence-corrected chi connectivity index (χ0v) is 11.9. The summed E-state index contributed by atoms with van der Waals surface area (Å²) in [5, 5.41) is 10.7. The Bertz CT molecular complexity index is 593. The van der Waals surface area contributed by atoms with Crippen molar-refractivity contribution < 1.29 is 13.6 Å². The van der Waals surface area contributed by atoms with E-state index in [4.69, 9.17) is 8.83 Å². The lowest BCUT2D eigenvalue weighted by Crippen LogP contribution is -2.42. The quantitative estimate of drug-likeness (QED) is 0.892. The van der Waals surface area contributed by atoms with E-state index in [1.165, 1.54) is 0 Å². The van der Waals surface area contributed by atoms with Gasteiger partial charge in [0, 0.05) is 6.92 Å². The molecule has 2 aromatic rings. The first kappa shape index (κ1) is 13.8. The highest BCUT2D eigenvalue weighted by Gasteiger charge is 2.31. The van der Waals surface area contributed by atoms with Crippen LogP contribution in [0.4, 0.5) is 0 Å². The van der Waals surface area contributed by atoms with Gasteiger partial charge in [0.25, 0.3) is 0 Å². The highest BCUT2D eigenvalue weighted by Crippen LogP contribution is 2.20. The Kier molecular flexibility index (Phi) is 4.01. The van der Waals surface area contributed by atoms with Crippen molar-refractivity contribution in [1.29, 1.82) is 0 Å². The van der Waals surface area contributed by atoms with E-state index in [0.717, 1.165) is 25.1 Å². The second-order valence-electron chi connectivity index (χ2n) is 5.14. The highest BCUT2D eigenvalue weighted by atomic mass is 16.4. The van der Waals surface area contributed by atoms with Gasteiger partial charge in [-0.2, -0.15) is 0 Å². The summed E-state index contributed by atoms with van der Waals surface area (Å²) in [6.45, 7) is 3.55. The van der Waals surface area contributed by atoms with Crippen molar-refractivity contribution >= 4 is 5.91 Å². The average molecular weight is 290 g/mol. The fourth-order valence-corrected chi connectivity index (χ4v) is 2.59. The van der Waals surface area contributed by atoms with Crippen LogP contribution in [0.3, 0.4) is 0 Å². The fraction of sp³-hybridized carbons (Fsp3) is 0.500. The van der Waals surface area contributed by atoms with Crippen LogP contribution in [0.5, 0.6) is 0 Å². The molecule has 0 aromatic carbocycles. The van der Waals surface area contributed by atoms with E-state index in [9.17, 15) is 4.79 Å². The summed E-state index contributed by atoms with van der Waals surface area (Å²) in [7, 11) is 0. The van der Waals surface area contributed by atoms with Crippen molar-refractivity contribution in [2.24, 2.45) is 0 Å². The van der Waals surface area contributed by atoms with Crippen molar-refractivity contribution in [1.82, 2.24) is 20.4 Å². The lowest BCUT2D eigenvalue weighted by atomic mass is 10.2. The molecule has 1 saturated heterocycles. The molecule has 1 N–H and O–H groups in total. The summed E-state index contributed by atoms with van der Waals surface area (Å²) in [6, 6.07) is 3.50. The molecule has 0 spiro atoms. The number of rotatable bonds is 5. The highest BCUT2D eigenvalue weighted by molar-refractivity contribution is 5.81. The number of nitrogens with zero attached hydrogens (tertiary/aromatic N) is 3. The maximum absolute atomic E-state index is 12.3. The van der Waals surface area contributed by atoms with Gasteiger partial charge in [0.2, 0.25) is 17.7 Å². The summed E-state index contributed by atoms with van der Waals surface area (Å²) in [4.78, 5) is 14.4. The number of furan rings is 1. The van der Waals surface area contributed by atoms with Crippen LogP contribution in [0.2, 0.25) is 0 Å². The molecule has 1 amide bonds. The Morgan fingerprint density at radius 3 is 3.14 bits per heavy atom. The molecule has 0 aliphatic carbocycles. The number of aryl methyl sites for hydroxylation is 1. The first-order valence-corrected chi connectivity index (χ1v) is 7.05. The Balaban J connectivity index is 1.56. The molecular formula is C14H18N4O3. The zero-order chi connectivity index (χ0) is 14.7. The number of hydrogen-bond donors (Lipinski definition) is 1. The van der Waals surface area contributed by atoms with Gasteiger partial charge in [0.1, 0.15) is 5.76 Å². The van der Waals surface area contributed by atoms with E-state index in [-0.39, 0.29) is 11.9 Å². The predicted molar refractivity (Wildman–Crippen MR) is 73.0 cm³/mol. The van der Waals surface area contributed by atoms with Crippen molar-refractivity contribution in [3.8, 4) is 0 Å². The van der Waals surface area contributed by atoms with E-state index in [1.807, 2.05) is 6.07 Å². The van der Waals surface area contributed by atoms with Gasteiger partial charge in [-0.1, -0.05) is 0 Å². The summed E-state index contributed by atoms with van der Waals surface area (Å²) in [6.07, 6.45) is 3.43. The molecule has 3 rings (SSSR count).